The zero-order valence-electron chi connectivity index (χ0n) is 12.6. The van der Waals surface area contributed by atoms with Gasteiger partial charge in [0, 0.05) is 27.4 Å². The smallest absolute Gasteiger partial charge is 0.236 e. The highest BCUT2D eigenvalue weighted by Crippen LogP contribution is 2.32. The van der Waals surface area contributed by atoms with Crippen molar-refractivity contribution in [1.29, 1.82) is 0 Å². The van der Waals surface area contributed by atoms with Crippen molar-refractivity contribution in [3.63, 3.8) is 0 Å². The molecule has 0 saturated carbocycles. The summed E-state index contributed by atoms with van der Waals surface area (Å²) in [5, 5.41) is 5.30. The molecule has 1 heterocycles. The molecule has 0 aliphatic rings. The maximum atomic E-state index is 10.9. The van der Waals surface area contributed by atoms with E-state index in [1.807, 2.05) is 42.5 Å². The molecule has 0 bridgehead atoms. The molecule has 1 amide bonds. The van der Waals surface area contributed by atoms with E-state index in [1.54, 1.807) is 0 Å². The van der Waals surface area contributed by atoms with Crippen molar-refractivity contribution in [3.05, 3.63) is 57.8 Å². The molecule has 0 saturated heterocycles. The molecule has 0 radical (unpaired) electrons. The summed E-state index contributed by atoms with van der Waals surface area (Å²) in [5.41, 5.74) is 4.60. The number of nitrogens with one attached hydrogen (secondary N) is 1. The number of hydrogen-bond donors (Lipinski definition) is 1. The lowest BCUT2D eigenvalue weighted by molar-refractivity contribution is -0.118. The molecular formula is C17H12BrClN4O. The minimum Gasteiger partial charge on any atom is -0.274 e. The number of hydrogen-bond acceptors (Lipinski definition) is 4. The van der Waals surface area contributed by atoms with Gasteiger partial charge in [-0.1, -0.05) is 45.7 Å². The largest absolute Gasteiger partial charge is 0.274 e. The fraction of sp³-hybridized carbons (Fsp3) is 0.0588. The van der Waals surface area contributed by atoms with Gasteiger partial charge in [-0.15, -0.1) is 0 Å². The summed E-state index contributed by atoms with van der Waals surface area (Å²) in [4.78, 5) is 19.9. The Morgan fingerprint density at radius 3 is 2.79 bits per heavy atom. The van der Waals surface area contributed by atoms with Gasteiger partial charge in [-0.2, -0.15) is 5.10 Å². The molecule has 0 spiro atoms. The predicted molar refractivity (Wildman–Crippen MR) is 99.1 cm³/mol. The second-order valence-electron chi connectivity index (χ2n) is 5.00. The van der Waals surface area contributed by atoms with Crippen LogP contribution in [-0.4, -0.2) is 22.1 Å². The molecular weight excluding hydrogens is 392 g/mol. The third-order valence-electron chi connectivity index (χ3n) is 3.21. The quantitative estimate of drug-likeness (QED) is 0.527. The van der Waals surface area contributed by atoms with Crippen LogP contribution in [0.25, 0.3) is 22.2 Å². The Labute approximate surface area is 151 Å². The van der Waals surface area contributed by atoms with E-state index in [9.17, 15) is 4.79 Å². The summed E-state index contributed by atoms with van der Waals surface area (Å²) in [6, 6.07) is 13.2. The van der Waals surface area contributed by atoms with Gasteiger partial charge >= 0.3 is 0 Å². The number of aromatic nitrogens is 2. The summed E-state index contributed by atoms with van der Waals surface area (Å²) >= 11 is 9.81. The molecule has 5 nitrogen and oxygen atoms in total. The van der Waals surface area contributed by atoms with Gasteiger partial charge in [0.15, 0.2) is 5.82 Å². The van der Waals surface area contributed by atoms with Gasteiger partial charge < -0.3 is 0 Å². The summed E-state index contributed by atoms with van der Waals surface area (Å²) < 4.78 is 0.923. The molecule has 24 heavy (non-hydrogen) atoms. The lowest BCUT2D eigenvalue weighted by Crippen LogP contribution is -2.12. The van der Waals surface area contributed by atoms with Gasteiger partial charge in [0.2, 0.25) is 5.91 Å². The molecule has 7 heteroatoms. The minimum atomic E-state index is -0.262. The van der Waals surface area contributed by atoms with Crippen LogP contribution in [-0.2, 0) is 4.79 Å². The Morgan fingerprint density at radius 2 is 2.04 bits per heavy atom. The zero-order valence-corrected chi connectivity index (χ0v) is 15.0. The van der Waals surface area contributed by atoms with Crippen LogP contribution in [0.5, 0.6) is 0 Å². The number of hydrazone groups is 1. The highest BCUT2D eigenvalue weighted by Gasteiger charge is 2.12. The van der Waals surface area contributed by atoms with E-state index in [0.29, 0.717) is 16.5 Å². The van der Waals surface area contributed by atoms with Gasteiger partial charge in [0.25, 0.3) is 0 Å². The van der Waals surface area contributed by atoms with Crippen molar-refractivity contribution in [2.75, 3.05) is 0 Å². The standard InChI is InChI=1S/C17H12BrClN4O/c1-10(24)23-20-9-16-21-15-7-6-11(18)8-13(15)17(22-16)12-4-2-3-5-14(12)19/h2-9H,1H3,(H,23,24)/b20-9+. The van der Waals surface area contributed by atoms with Gasteiger partial charge in [-0.25, -0.2) is 15.4 Å². The number of benzene rings is 2. The van der Waals surface area contributed by atoms with Crippen LogP contribution >= 0.6 is 27.5 Å². The number of amides is 1. The Kier molecular flexibility index (Phi) is 4.87. The van der Waals surface area contributed by atoms with Crippen LogP contribution in [0.15, 0.2) is 52.0 Å². The first-order valence-corrected chi connectivity index (χ1v) is 8.23. The van der Waals surface area contributed by atoms with E-state index in [1.165, 1.54) is 13.1 Å². The van der Waals surface area contributed by atoms with Gasteiger partial charge in [-0.05, 0) is 24.3 Å². The first-order valence-electron chi connectivity index (χ1n) is 7.06. The average Bonchev–Trinajstić information content (AvgIpc) is 2.55. The van der Waals surface area contributed by atoms with Crippen molar-refractivity contribution in [1.82, 2.24) is 15.4 Å². The first kappa shape index (κ1) is 16.5. The third-order valence-corrected chi connectivity index (χ3v) is 4.03. The van der Waals surface area contributed by atoms with Crippen LogP contribution in [0.1, 0.15) is 12.7 Å². The molecule has 2 aromatic carbocycles. The van der Waals surface area contributed by atoms with Gasteiger partial charge in [-0.3, -0.25) is 4.79 Å². The maximum absolute atomic E-state index is 10.9. The average molecular weight is 404 g/mol. The monoisotopic (exact) mass is 402 g/mol. The van der Waals surface area contributed by atoms with E-state index in [-0.39, 0.29) is 5.91 Å². The first-order chi connectivity index (χ1) is 11.5. The molecule has 1 N–H and O–H groups in total. The Bertz CT molecular complexity index is 958. The maximum Gasteiger partial charge on any atom is 0.236 e. The van der Waals surface area contributed by atoms with Crippen molar-refractivity contribution in [3.8, 4) is 11.3 Å². The lowest BCUT2D eigenvalue weighted by atomic mass is 10.1. The highest BCUT2D eigenvalue weighted by atomic mass is 79.9. The number of carbonyl (C=O) groups is 1. The third kappa shape index (κ3) is 3.60. The summed E-state index contributed by atoms with van der Waals surface area (Å²) in [5.74, 6) is 0.121. The van der Waals surface area contributed by atoms with E-state index in [4.69, 9.17) is 11.6 Å². The van der Waals surface area contributed by atoms with E-state index in [2.05, 4.69) is 36.4 Å². The second kappa shape index (κ2) is 7.07. The Hall–Kier alpha value is -2.31. The van der Waals surface area contributed by atoms with Crippen LogP contribution in [0.4, 0.5) is 0 Å². The number of halogens is 2. The van der Waals surface area contributed by atoms with Crippen LogP contribution in [0.3, 0.4) is 0 Å². The highest BCUT2D eigenvalue weighted by molar-refractivity contribution is 9.10. The molecule has 120 valence electrons. The van der Waals surface area contributed by atoms with E-state index < -0.39 is 0 Å². The van der Waals surface area contributed by atoms with Crippen molar-refractivity contribution in [2.45, 2.75) is 6.92 Å². The molecule has 0 aliphatic carbocycles. The fourth-order valence-electron chi connectivity index (χ4n) is 2.22. The number of nitrogens with zero attached hydrogens (tertiary/aromatic N) is 3. The molecule has 3 aromatic rings. The number of rotatable bonds is 3. The zero-order chi connectivity index (χ0) is 17.1. The molecule has 0 aliphatic heterocycles. The van der Waals surface area contributed by atoms with Crippen LogP contribution < -0.4 is 5.43 Å². The lowest BCUT2D eigenvalue weighted by Gasteiger charge is -2.09. The number of carbonyl (C=O) groups excluding carboxylic acids is 1. The minimum absolute atomic E-state index is 0.262. The summed E-state index contributed by atoms with van der Waals surface area (Å²) in [7, 11) is 0. The summed E-state index contributed by atoms with van der Waals surface area (Å²) in [6.45, 7) is 1.38. The predicted octanol–water partition coefficient (Wildman–Crippen LogP) is 4.18. The van der Waals surface area contributed by atoms with Gasteiger partial charge in [0.05, 0.1) is 17.4 Å². The van der Waals surface area contributed by atoms with Gasteiger partial charge in [0.1, 0.15) is 0 Å². The normalized spacial score (nSPS) is 11.1. The van der Waals surface area contributed by atoms with Crippen molar-refractivity contribution >= 4 is 50.6 Å². The van der Waals surface area contributed by atoms with Crippen molar-refractivity contribution in [2.24, 2.45) is 5.10 Å². The molecule has 3 rings (SSSR count). The fourth-order valence-corrected chi connectivity index (χ4v) is 2.80. The van der Waals surface area contributed by atoms with Crippen LogP contribution in [0, 0.1) is 0 Å². The van der Waals surface area contributed by atoms with Crippen molar-refractivity contribution < 1.29 is 4.79 Å². The SMILES string of the molecule is CC(=O)N/N=C/c1nc(-c2ccccc2Cl)c2cc(Br)ccc2n1. The molecule has 0 atom stereocenters. The summed E-state index contributed by atoms with van der Waals surface area (Å²) in [6.07, 6.45) is 1.41. The molecule has 0 fully saturated rings. The molecule has 0 unspecified atom stereocenters. The second-order valence-corrected chi connectivity index (χ2v) is 6.32. The van der Waals surface area contributed by atoms with E-state index in [0.717, 1.165) is 20.9 Å². The Morgan fingerprint density at radius 1 is 1.25 bits per heavy atom. The van der Waals surface area contributed by atoms with Crippen LogP contribution in [0.2, 0.25) is 5.02 Å². The van der Waals surface area contributed by atoms with E-state index >= 15 is 0 Å². The number of fused-ring (bicyclic) bond motifs is 1. The molecule has 1 aromatic heterocycles. The topological polar surface area (TPSA) is 67.2 Å². The Balaban J connectivity index is 2.21.